The van der Waals surface area contributed by atoms with Gasteiger partial charge in [0.2, 0.25) is 5.91 Å². The quantitative estimate of drug-likeness (QED) is 0.515. The van der Waals surface area contributed by atoms with E-state index in [-0.39, 0.29) is 12.3 Å². The summed E-state index contributed by atoms with van der Waals surface area (Å²) in [5.41, 5.74) is 9.32. The lowest BCUT2D eigenvalue weighted by molar-refractivity contribution is 0.100. The van der Waals surface area contributed by atoms with Crippen molar-refractivity contribution in [3.8, 4) is 0 Å². The van der Waals surface area contributed by atoms with Crippen molar-refractivity contribution in [2.24, 2.45) is 10.7 Å². The summed E-state index contributed by atoms with van der Waals surface area (Å²) >= 11 is 0. The molecule has 5 rings (SSSR count). The number of carbonyl (C=O) groups is 1. The first-order valence-corrected chi connectivity index (χ1v) is 10.2. The lowest BCUT2D eigenvalue weighted by atomic mass is 10.0. The monoisotopic (exact) mass is 413 g/mol. The molecule has 2 aliphatic heterocycles. The molecule has 7 nitrogen and oxygen atoms in total. The Hall–Kier alpha value is -3.68. The Balaban J connectivity index is 1.48. The molecule has 0 spiro atoms. The third-order valence-corrected chi connectivity index (χ3v) is 5.62. The van der Waals surface area contributed by atoms with E-state index in [0.717, 1.165) is 17.5 Å². The first-order valence-electron chi connectivity index (χ1n) is 10.2. The summed E-state index contributed by atoms with van der Waals surface area (Å²) < 4.78 is 5.92. The highest BCUT2D eigenvalue weighted by atomic mass is 16.3. The van der Waals surface area contributed by atoms with Crippen LogP contribution < -0.4 is 21.7 Å². The highest BCUT2D eigenvalue weighted by Crippen LogP contribution is 2.31. The molecular formula is C24H23N5O2. The van der Waals surface area contributed by atoms with E-state index in [1.54, 1.807) is 12.3 Å². The second-order valence-electron chi connectivity index (χ2n) is 7.58. The number of fused-ring (bicyclic) bond motifs is 1. The molecule has 7 heteroatoms. The molecule has 2 aliphatic rings. The van der Waals surface area contributed by atoms with Crippen LogP contribution in [0.5, 0.6) is 0 Å². The summed E-state index contributed by atoms with van der Waals surface area (Å²) in [6.07, 6.45) is 7.66. The van der Waals surface area contributed by atoms with Gasteiger partial charge in [0.25, 0.3) is 0 Å². The van der Waals surface area contributed by atoms with Crippen LogP contribution in [0.25, 0.3) is 10.8 Å². The highest BCUT2D eigenvalue weighted by Gasteiger charge is 2.31. The maximum absolute atomic E-state index is 11.8. The number of nitrogens with two attached hydrogens (primary N) is 1. The van der Waals surface area contributed by atoms with E-state index in [2.05, 4.69) is 33.1 Å². The molecule has 2 atom stereocenters. The van der Waals surface area contributed by atoms with Crippen LogP contribution in [0, 0.1) is 0 Å². The maximum Gasteiger partial charge on any atom is 0.249 e. The lowest BCUT2D eigenvalue weighted by Crippen LogP contribution is -2.53. The molecule has 5 N–H and O–H groups in total. The zero-order valence-electron chi connectivity index (χ0n) is 16.8. The minimum absolute atomic E-state index is 0.0878. The minimum Gasteiger partial charge on any atom is -0.464 e. The topological polar surface area (TPSA) is 105 Å². The van der Waals surface area contributed by atoms with Gasteiger partial charge in [-0.2, -0.15) is 0 Å². The second-order valence-corrected chi connectivity index (χ2v) is 7.58. The Morgan fingerprint density at radius 2 is 2.03 bits per heavy atom. The highest BCUT2D eigenvalue weighted by molar-refractivity contribution is 6.06. The van der Waals surface area contributed by atoms with Gasteiger partial charge in [-0.05, 0) is 23.6 Å². The second kappa shape index (κ2) is 8.22. The predicted octanol–water partition coefficient (Wildman–Crippen LogP) is 3.08. The number of rotatable bonds is 5. The largest absolute Gasteiger partial charge is 0.464 e. The number of carbonyl (C=O) groups excluding carboxylic acids is 1. The third-order valence-electron chi connectivity index (χ3n) is 5.62. The van der Waals surface area contributed by atoms with Gasteiger partial charge in [0.05, 0.1) is 29.9 Å². The number of primary amides is 1. The molecule has 2 unspecified atom stereocenters. The smallest absolute Gasteiger partial charge is 0.249 e. The van der Waals surface area contributed by atoms with E-state index >= 15 is 0 Å². The molecule has 0 saturated carbocycles. The molecule has 156 valence electrons. The number of furan rings is 1. The molecular weight excluding hydrogens is 390 g/mol. The molecule has 0 radical (unpaired) electrons. The first kappa shape index (κ1) is 19.3. The predicted molar refractivity (Wildman–Crippen MR) is 120 cm³/mol. The van der Waals surface area contributed by atoms with Crippen molar-refractivity contribution >= 4 is 22.9 Å². The van der Waals surface area contributed by atoms with Crippen LogP contribution in [0.15, 0.2) is 87.7 Å². The summed E-state index contributed by atoms with van der Waals surface area (Å²) in [6.45, 7) is 0.716. The van der Waals surface area contributed by atoms with Crippen LogP contribution in [0.3, 0.4) is 0 Å². The zero-order valence-corrected chi connectivity index (χ0v) is 16.8. The number of allylic oxidation sites excluding steroid dienone is 2. The van der Waals surface area contributed by atoms with Crippen molar-refractivity contribution in [2.75, 3.05) is 0 Å². The molecule has 1 aromatic heterocycles. The summed E-state index contributed by atoms with van der Waals surface area (Å²) in [4.78, 5) is 16.2. The van der Waals surface area contributed by atoms with E-state index in [1.165, 1.54) is 11.1 Å². The summed E-state index contributed by atoms with van der Waals surface area (Å²) in [6, 6.07) is 15.7. The zero-order chi connectivity index (χ0) is 21.2. The molecule has 0 saturated heterocycles. The average Bonchev–Trinajstić information content (AvgIpc) is 3.08. The fourth-order valence-electron chi connectivity index (χ4n) is 4.09. The molecule has 2 aromatic carbocycles. The molecule has 0 fully saturated rings. The standard InChI is InChI=1S/C24H23N5O2/c25-22(30)17-9-4-8-16-19(17)14-31-21(16)24-28-20-13-26-11-5-10-18(20)23(29-24)27-12-15-6-2-1-3-7-15/h1-9,11,13-14,23-24,27-29H,10,12H2,(H2,25,30). The Kier molecular flexibility index (Phi) is 5.11. The normalized spacial score (nSPS) is 20.4. The van der Waals surface area contributed by atoms with Gasteiger partial charge < -0.3 is 15.5 Å². The van der Waals surface area contributed by atoms with Gasteiger partial charge in [0.1, 0.15) is 11.9 Å². The minimum atomic E-state index is -0.475. The van der Waals surface area contributed by atoms with Crippen LogP contribution in [0.4, 0.5) is 0 Å². The molecule has 3 aromatic rings. The Bertz CT molecular complexity index is 1210. The number of hydrogen-bond donors (Lipinski definition) is 4. The van der Waals surface area contributed by atoms with Crippen molar-refractivity contribution in [3.63, 3.8) is 0 Å². The van der Waals surface area contributed by atoms with E-state index in [0.29, 0.717) is 23.3 Å². The van der Waals surface area contributed by atoms with E-state index in [1.807, 2.05) is 48.8 Å². The van der Waals surface area contributed by atoms with Crippen LogP contribution in [0.2, 0.25) is 0 Å². The maximum atomic E-state index is 11.8. The number of benzene rings is 2. The van der Waals surface area contributed by atoms with Crippen molar-refractivity contribution in [2.45, 2.75) is 25.3 Å². The van der Waals surface area contributed by atoms with E-state index < -0.39 is 5.91 Å². The Morgan fingerprint density at radius 3 is 2.87 bits per heavy atom. The van der Waals surface area contributed by atoms with Crippen molar-refractivity contribution in [1.29, 1.82) is 0 Å². The van der Waals surface area contributed by atoms with Gasteiger partial charge in [-0.3, -0.25) is 20.4 Å². The molecule has 31 heavy (non-hydrogen) atoms. The fraction of sp³-hybridized carbons (Fsp3) is 0.167. The number of hydrogen-bond acceptors (Lipinski definition) is 6. The lowest BCUT2D eigenvalue weighted by Gasteiger charge is -2.35. The Morgan fingerprint density at radius 1 is 1.16 bits per heavy atom. The van der Waals surface area contributed by atoms with Crippen LogP contribution >= 0.6 is 0 Å². The van der Waals surface area contributed by atoms with Gasteiger partial charge in [-0.15, -0.1) is 0 Å². The van der Waals surface area contributed by atoms with Crippen LogP contribution in [-0.4, -0.2) is 18.3 Å². The van der Waals surface area contributed by atoms with Gasteiger partial charge in [0, 0.05) is 23.5 Å². The fourth-order valence-corrected chi connectivity index (χ4v) is 4.09. The molecule has 0 bridgehead atoms. The summed E-state index contributed by atoms with van der Waals surface area (Å²) in [5, 5.41) is 12.3. The van der Waals surface area contributed by atoms with Crippen LogP contribution in [0.1, 0.15) is 34.3 Å². The number of amides is 1. The van der Waals surface area contributed by atoms with Crippen molar-refractivity contribution < 1.29 is 9.21 Å². The van der Waals surface area contributed by atoms with Gasteiger partial charge in [0.15, 0.2) is 0 Å². The Labute approximate surface area is 179 Å². The average molecular weight is 413 g/mol. The summed E-state index contributed by atoms with van der Waals surface area (Å²) in [5.74, 6) is 0.221. The summed E-state index contributed by atoms with van der Waals surface area (Å²) in [7, 11) is 0. The van der Waals surface area contributed by atoms with Crippen molar-refractivity contribution in [1.82, 2.24) is 16.0 Å². The third kappa shape index (κ3) is 3.76. The molecule has 0 aliphatic carbocycles. The number of nitrogens with one attached hydrogen (secondary N) is 3. The van der Waals surface area contributed by atoms with Crippen LogP contribution in [-0.2, 0) is 6.54 Å². The number of aliphatic imine (C=N–C) groups is 1. The number of nitrogens with zero attached hydrogens (tertiary/aromatic N) is 1. The van der Waals surface area contributed by atoms with Gasteiger partial charge in [-0.25, -0.2) is 0 Å². The van der Waals surface area contributed by atoms with E-state index in [9.17, 15) is 4.79 Å². The molecule has 1 amide bonds. The SMILES string of the molecule is NC(=O)c1cccc2c(C3NC4=C(CC=CN=C4)C(NCc4ccccc4)N3)occ12. The van der Waals surface area contributed by atoms with Gasteiger partial charge in [-0.1, -0.05) is 48.5 Å². The van der Waals surface area contributed by atoms with Gasteiger partial charge >= 0.3 is 0 Å². The molecule has 3 heterocycles. The van der Waals surface area contributed by atoms with Crippen molar-refractivity contribution in [3.05, 3.63) is 95.2 Å². The van der Waals surface area contributed by atoms with E-state index in [4.69, 9.17) is 10.2 Å². The first-order chi connectivity index (χ1) is 15.2.